The predicted octanol–water partition coefficient (Wildman–Crippen LogP) is 1.68. The SMILES string of the molecule is O=C(CN1CCOC(c2ccccc2)C1)NC(=O)NCc1ccco1. The zero-order valence-electron chi connectivity index (χ0n) is 13.8. The number of hydrogen-bond donors (Lipinski definition) is 2. The second kappa shape index (κ2) is 8.46. The first-order valence-corrected chi connectivity index (χ1v) is 8.19. The van der Waals surface area contributed by atoms with Gasteiger partial charge in [0.15, 0.2) is 0 Å². The average molecular weight is 343 g/mol. The maximum Gasteiger partial charge on any atom is 0.321 e. The minimum absolute atomic E-state index is 0.0597. The van der Waals surface area contributed by atoms with Crippen LogP contribution in [0.15, 0.2) is 53.1 Å². The van der Waals surface area contributed by atoms with E-state index in [9.17, 15) is 9.59 Å². The van der Waals surface area contributed by atoms with E-state index in [2.05, 4.69) is 10.6 Å². The molecule has 0 radical (unpaired) electrons. The minimum Gasteiger partial charge on any atom is -0.467 e. The maximum absolute atomic E-state index is 12.0. The van der Waals surface area contributed by atoms with Gasteiger partial charge in [0.2, 0.25) is 5.91 Å². The standard InChI is InChI=1S/C18H21N3O4/c22-17(20-18(23)19-11-15-7-4-9-24-15)13-21-8-10-25-16(12-21)14-5-2-1-3-6-14/h1-7,9,16H,8,10-13H2,(H2,19,20,22,23). The number of rotatable bonds is 5. The van der Waals surface area contributed by atoms with Gasteiger partial charge in [-0.25, -0.2) is 4.79 Å². The van der Waals surface area contributed by atoms with E-state index >= 15 is 0 Å². The first-order chi connectivity index (χ1) is 12.2. The molecule has 0 spiro atoms. The highest BCUT2D eigenvalue weighted by Crippen LogP contribution is 2.21. The van der Waals surface area contributed by atoms with Crippen molar-refractivity contribution in [3.8, 4) is 0 Å². The summed E-state index contributed by atoms with van der Waals surface area (Å²) in [6.45, 7) is 2.22. The molecular formula is C18H21N3O4. The summed E-state index contributed by atoms with van der Waals surface area (Å²) in [5.41, 5.74) is 1.09. The summed E-state index contributed by atoms with van der Waals surface area (Å²) in [7, 11) is 0. The highest BCUT2D eigenvalue weighted by Gasteiger charge is 2.23. The van der Waals surface area contributed by atoms with Crippen molar-refractivity contribution in [2.75, 3.05) is 26.2 Å². The molecular weight excluding hydrogens is 322 g/mol. The minimum atomic E-state index is -0.533. The lowest BCUT2D eigenvalue weighted by molar-refractivity contribution is -0.123. The van der Waals surface area contributed by atoms with E-state index < -0.39 is 6.03 Å². The molecule has 2 heterocycles. The number of amides is 3. The molecule has 3 amide bonds. The van der Waals surface area contributed by atoms with Gasteiger partial charge >= 0.3 is 6.03 Å². The van der Waals surface area contributed by atoms with Crippen molar-refractivity contribution in [3.63, 3.8) is 0 Å². The van der Waals surface area contributed by atoms with Crippen LogP contribution in [0.3, 0.4) is 0 Å². The van der Waals surface area contributed by atoms with Crippen molar-refractivity contribution in [3.05, 3.63) is 60.1 Å². The number of furan rings is 1. The number of urea groups is 1. The predicted molar refractivity (Wildman–Crippen MR) is 90.7 cm³/mol. The van der Waals surface area contributed by atoms with E-state index in [-0.39, 0.29) is 25.1 Å². The van der Waals surface area contributed by atoms with Gasteiger partial charge in [0.05, 0.1) is 32.1 Å². The number of carbonyl (C=O) groups is 2. The lowest BCUT2D eigenvalue weighted by Gasteiger charge is -2.32. The number of ether oxygens (including phenoxy) is 1. The average Bonchev–Trinajstić information content (AvgIpc) is 3.14. The lowest BCUT2D eigenvalue weighted by Crippen LogP contribution is -2.47. The third-order valence-corrected chi connectivity index (χ3v) is 3.95. The molecule has 7 nitrogen and oxygen atoms in total. The first-order valence-electron chi connectivity index (χ1n) is 8.19. The van der Waals surface area contributed by atoms with Crippen LogP contribution in [0.4, 0.5) is 4.79 Å². The van der Waals surface area contributed by atoms with E-state index in [1.165, 1.54) is 6.26 Å². The van der Waals surface area contributed by atoms with E-state index in [0.29, 0.717) is 25.5 Å². The Bertz CT molecular complexity index is 688. The Morgan fingerprint density at radius 3 is 2.76 bits per heavy atom. The van der Waals surface area contributed by atoms with Gasteiger partial charge in [0, 0.05) is 13.1 Å². The van der Waals surface area contributed by atoms with Gasteiger partial charge in [-0.2, -0.15) is 0 Å². The summed E-state index contributed by atoms with van der Waals surface area (Å²) in [5.74, 6) is 0.284. The monoisotopic (exact) mass is 343 g/mol. The van der Waals surface area contributed by atoms with Crippen LogP contribution >= 0.6 is 0 Å². The molecule has 2 aromatic rings. The van der Waals surface area contributed by atoms with E-state index in [0.717, 1.165) is 5.56 Å². The fourth-order valence-corrected chi connectivity index (χ4v) is 2.71. The molecule has 1 aliphatic rings. The summed E-state index contributed by atoms with van der Waals surface area (Å²) in [5, 5.41) is 4.91. The molecule has 0 aliphatic carbocycles. The van der Waals surface area contributed by atoms with Crippen molar-refractivity contribution in [2.24, 2.45) is 0 Å². The molecule has 0 saturated carbocycles. The van der Waals surface area contributed by atoms with Crippen molar-refractivity contribution in [1.29, 1.82) is 0 Å². The summed E-state index contributed by atoms with van der Waals surface area (Å²) < 4.78 is 10.9. The van der Waals surface area contributed by atoms with Crippen LogP contribution in [-0.4, -0.2) is 43.1 Å². The zero-order valence-corrected chi connectivity index (χ0v) is 13.8. The number of carbonyl (C=O) groups excluding carboxylic acids is 2. The van der Waals surface area contributed by atoms with Crippen LogP contribution in [0.1, 0.15) is 17.4 Å². The lowest BCUT2D eigenvalue weighted by atomic mass is 10.1. The largest absolute Gasteiger partial charge is 0.467 e. The zero-order chi connectivity index (χ0) is 17.5. The second-order valence-electron chi connectivity index (χ2n) is 5.82. The van der Waals surface area contributed by atoms with Crippen molar-refractivity contribution < 1.29 is 18.7 Å². The Balaban J connectivity index is 1.43. The van der Waals surface area contributed by atoms with Crippen LogP contribution in [0.5, 0.6) is 0 Å². The van der Waals surface area contributed by atoms with Gasteiger partial charge in [0.25, 0.3) is 0 Å². The number of morpholine rings is 1. The van der Waals surface area contributed by atoms with Gasteiger partial charge in [-0.05, 0) is 17.7 Å². The molecule has 1 saturated heterocycles. The molecule has 1 aromatic carbocycles. The number of imide groups is 1. The van der Waals surface area contributed by atoms with Crippen LogP contribution in [0, 0.1) is 0 Å². The van der Waals surface area contributed by atoms with Crippen molar-refractivity contribution in [1.82, 2.24) is 15.5 Å². The number of nitrogens with zero attached hydrogens (tertiary/aromatic N) is 1. The highest BCUT2D eigenvalue weighted by atomic mass is 16.5. The molecule has 1 fully saturated rings. The highest BCUT2D eigenvalue weighted by molar-refractivity contribution is 5.95. The Labute approximate surface area is 145 Å². The number of nitrogens with one attached hydrogen (secondary N) is 2. The van der Waals surface area contributed by atoms with Crippen LogP contribution in [0.25, 0.3) is 0 Å². The third kappa shape index (κ3) is 5.17. The van der Waals surface area contributed by atoms with Gasteiger partial charge in [0.1, 0.15) is 5.76 Å². The van der Waals surface area contributed by atoms with Crippen LogP contribution < -0.4 is 10.6 Å². The second-order valence-corrected chi connectivity index (χ2v) is 5.82. The molecule has 0 bridgehead atoms. The summed E-state index contributed by atoms with van der Waals surface area (Å²) >= 11 is 0. The maximum atomic E-state index is 12.0. The van der Waals surface area contributed by atoms with Gasteiger partial charge < -0.3 is 14.5 Å². The van der Waals surface area contributed by atoms with Gasteiger partial charge in [-0.15, -0.1) is 0 Å². The fourth-order valence-electron chi connectivity index (χ4n) is 2.71. The van der Waals surface area contributed by atoms with E-state index in [4.69, 9.17) is 9.15 Å². The fraction of sp³-hybridized carbons (Fsp3) is 0.333. The van der Waals surface area contributed by atoms with Crippen LogP contribution in [0.2, 0.25) is 0 Å². The number of hydrogen-bond acceptors (Lipinski definition) is 5. The van der Waals surface area contributed by atoms with Crippen molar-refractivity contribution >= 4 is 11.9 Å². The topological polar surface area (TPSA) is 83.8 Å². The Morgan fingerprint density at radius 1 is 1.16 bits per heavy atom. The summed E-state index contributed by atoms with van der Waals surface area (Å²) in [6, 6.07) is 12.9. The Kier molecular flexibility index (Phi) is 5.81. The quantitative estimate of drug-likeness (QED) is 0.863. The number of benzene rings is 1. The van der Waals surface area contributed by atoms with E-state index in [1.807, 2.05) is 35.2 Å². The molecule has 1 aromatic heterocycles. The molecule has 25 heavy (non-hydrogen) atoms. The van der Waals surface area contributed by atoms with E-state index in [1.54, 1.807) is 12.1 Å². The normalized spacial score (nSPS) is 17.8. The van der Waals surface area contributed by atoms with Gasteiger partial charge in [-0.3, -0.25) is 15.0 Å². The molecule has 1 atom stereocenters. The molecule has 1 unspecified atom stereocenters. The Hall–Kier alpha value is -2.64. The summed E-state index contributed by atoms with van der Waals surface area (Å²) in [4.78, 5) is 25.8. The van der Waals surface area contributed by atoms with Crippen LogP contribution in [-0.2, 0) is 16.1 Å². The van der Waals surface area contributed by atoms with Gasteiger partial charge in [-0.1, -0.05) is 30.3 Å². The smallest absolute Gasteiger partial charge is 0.321 e. The molecule has 2 N–H and O–H groups in total. The summed E-state index contributed by atoms with van der Waals surface area (Å²) in [6.07, 6.45) is 1.47. The third-order valence-electron chi connectivity index (χ3n) is 3.95. The molecule has 3 rings (SSSR count). The molecule has 132 valence electrons. The first kappa shape index (κ1) is 17.2. The molecule has 7 heteroatoms. The molecule has 1 aliphatic heterocycles. The van der Waals surface area contributed by atoms with Crippen molar-refractivity contribution in [2.45, 2.75) is 12.6 Å². The Morgan fingerprint density at radius 2 is 2.00 bits per heavy atom.